The third kappa shape index (κ3) is 6.07. The number of para-hydroxylation sites is 1. The zero-order chi connectivity index (χ0) is 25.5. The molecule has 0 saturated heterocycles. The van der Waals surface area contributed by atoms with E-state index in [1.54, 1.807) is 42.6 Å². The normalized spacial score (nSPS) is 10.9. The number of rotatable bonds is 8. The monoisotopic (exact) mass is 480 g/mol. The maximum Gasteiger partial charge on any atom is 0.271 e. The van der Waals surface area contributed by atoms with Crippen LogP contribution in [-0.2, 0) is 4.79 Å². The molecule has 36 heavy (non-hydrogen) atoms. The highest BCUT2D eigenvalue weighted by atomic mass is 16.5. The van der Waals surface area contributed by atoms with E-state index in [0.29, 0.717) is 11.3 Å². The van der Waals surface area contributed by atoms with Crippen molar-refractivity contribution in [3.05, 3.63) is 113 Å². The zero-order valence-corrected chi connectivity index (χ0v) is 20.5. The number of hydrogen-bond acceptors (Lipinski definition) is 4. The highest BCUT2D eigenvalue weighted by molar-refractivity contribution is 5.95. The van der Waals surface area contributed by atoms with Crippen molar-refractivity contribution >= 4 is 23.7 Å². The summed E-state index contributed by atoms with van der Waals surface area (Å²) in [6.07, 6.45) is 1.55. The molecule has 4 rings (SSSR count). The first kappa shape index (κ1) is 24.5. The Morgan fingerprint density at radius 2 is 1.53 bits per heavy atom. The zero-order valence-electron chi connectivity index (χ0n) is 20.5. The lowest BCUT2D eigenvalue weighted by molar-refractivity contribution is -0.118. The Balaban J connectivity index is 1.26. The molecule has 7 nitrogen and oxygen atoms in total. The lowest BCUT2D eigenvalue weighted by atomic mass is 10.2. The van der Waals surface area contributed by atoms with E-state index < -0.39 is 0 Å². The van der Waals surface area contributed by atoms with Gasteiger partial charge in [0.05, 0.1) is 6.21 Å². The summed E-state index contributed by atoms with van der Waals surface area (Å²) in [6.45, 7) is 5.93. The van der Waals surface area contributed by atoms with Crippen molar-refractivity contribution in [3.63, 3.8) is 0 Å². The van der Waals surface area contributed by atoms with Crippen molar-refractivity contribution < 1.29 is 14.3 Å². The minimum Gasteiger partial charge on any atom is -0.484 e. The predicted molar refractivity (Wildman–Crippen MR) is 142 cm³/mol. The summed E-state index contributed by atoms with van der Waals surface area (Å²) in [7, 11) is 0. The molecule has 0 aliphatic rings. The molecule has 0 spiro atoms. The Hall–Kier alpha value is -4.65. The lowest BCUT2D eigenvalue weighted by Gasteiger charge is -2.10. The molecule has 0 fully saturated rings. The van der Waals surface area contributed by atoms with Gasteiger partial charge in [0.15, 0.2) is 6.61 Å². The van der Waals surface area contributed by atoms with E-state index in [1.165, 1.54) is 0 Å². The van der Waals surface area contributed by atoms with Crippen LogP contribution in [0, 0.1) is 20.8 Å². The fraction of sp³-hybridized carbons (Fsp3) is 0.138. The summed E-state index contributed by atoms with van der Waals surface area (Å²) in [5.41, 5.74) is 8.87. The second kappa shape index (κ2) is 11.2. The van der Waals surface area contributed by atoms with Crippen LogP contribution in [0.25, 0.3) is 5.69 Å². The van der Waals surface area contributed by atoms with E-state index in [2.05, 4.69) is 32.5 Å². The first-order chi connectivity index (χ1) is 17.4. The van der Waals surface area contributed by atoms with E-state index in [-0.39, 0.29) is 18.4 Å². The summed E-state index contributed by atoms with van der Waals surface area (Å²) >= 11 is 0. The maximum absolute atomic E-state index is 12.4. The van der Waals surface area contributed by atoms with Gasteiger partial charge in [-0.3, -0.25) is 9.59 Å². The molecule has 0 aliphatic heterocycles. The predicted octanol–water partition coefficient (Wildman–Crippen LogP) is 5.18. The average molecular weight is 481 g/mol. The minimum absolute atomic E-state index is 0.0971. The molecule has 0 radical (unpaired) electrons. The van der Waals surface area contributed by atoms with Crippen molar-refractivity contribution in [1.29, 1.82) is 0 Å². The van der Waals surface area contributed by atoms with Gasteiger partial charge >= 0.3 is 0 Å². The molecule has 1 aromatic heterocycles. The van der Waals surface area contributed by atoms with Gasteiger partial charge in [-0.05, 0) is 98.6 Å². The number of ether oxygens (including phenoxy) is 1. The minimum atomic E-state index is -0.293. The number of carbonyl (C=O) groups excluding carboxylic acids is 2. The molecule has 7 heteroatoms. The molecule has 0 atom stereocenters. The SMILES string of the molecule is Cc1ccccc1NC(=O)COc1ccc(/C=N\NC(=O)c2ccc(-n3c(C)ccc3C)cc2)cc1. The van der Waals surface area contributed by atoms with Crippen LogP contribution in [-0.4, -0.2) is 29.2 Å². The number of nitrogens with one attached hydrogen (secondary N) is 2. The van der Waals surface area contributed by atoms with E-state index in [0.717, 1.165) is 33.9 Å². The fourth-order valence-electron chi connectivity index (χ4n) is 3.77. The van der Waals surface area contributed by atoms with Gasteiger partial charge in [-0.1, -0.05) is 18.2 Å². The molecule has 2 N–H and O–H groups in total. The molecule has 0 aliphatic carbocycles. The summed E-state index contributed by atoms with van der Waals surface area (Å²) in [5, 5.41) is 6.87. The molecule has 0 unspecified atom stereocenters. The summed E-state index contributed by atoms with van der Waals surface area (Å²) in [4.78, 5) is 24.6. The van der Waals surface area contributed by atoms with Gasteiger partial charge in [0, 0.05) is 28.3 Å². The Kier molecular flexibility index (Phi) is 7.60. The van der Waals surface area contributed by atoms with Crippen LogP contribution in [0.3, 0.4) is 0 Å². The average Bonchev–Trinajstić information content (AvgIpc) is 3.22. The van der Waals surface area contributed by atoms with Crippen LogP contribution in [0.1, 0.15) is 32.9 Å². The Morgan fingerprint density at radius 3 is 2.19 bits per heavy atom. The van der Waals surface area contributed by atoms with Gasteiger partial charge in [-0.15, -0.1) is 0 Å². The van der Waals surface area contributed by atoms with E-state index in [4.69, 9.17) is 4.74 Å². The summed E-state index contributed by atoms with van der Waals surface area (Å²) in [5.74, 6) is 0.0343. The van der Waals surface area contributed by atoms with Crippen LogP contribution in [0.15, 0.2) is 90.0 Å². The van der Waals surface area contributed by atoms with Gasteiger partial charge in [-0.2, -0.15) is 5.10 Å². The Morgan fingerprint density at radius 1 is 0.861 bits per heavy atom. The maximum atomic E-state index is 12.4. The molecule has 0 saturated carbocycles. The van der Waals surface area contributed by atoms with Gasteiger partial charge in [0.2, 0.25) is 0 Å². The van der Waals surface area contributed by atoms with E-state index in [9.17, 15) is 9.59 Å². The smallest absolute Gasteiger partial charge is 0.271 e. The number of anilines is 1. The summed E-state index contributed by atoms with van der Waals surface area (Å²) < 4.78 is 7.69. The fourth-order valence-corrected chi connectivity index (χ4v) is 3.77. The van der Waals surface area contributed by atoms with Gasteiger partial charge in [0.25, 0.3) is 11.8 Å². The van der Waals surface area contributed by atoms with Crippen molar-refractivity contribution in [1.82, 2.24) is 9.99 Å². The number of hydrazone groups is 1. The van der Waals surface area contributed by atoms with Crippen molar-refractivity contribution in [2.24, 2.45) is 5.10 Å². The molecule has 3 aromatic carbocycles. The summed E-state index contributed by atoms with van der Waals surface area (Å²) in [6, 6.07) is 26.2. The first-order valence-corrected chi connectivity index (χ1v) is 11.6. The number of amides is 2. The number of aromatic nitrogens is 1. The van der Waals surface area contributed by atoms with Crippen LogP contribution in [0.2, 0.25) is 0 Å². The lowest BCUT2D eigenvalue weighted by Crippen LogP contribution is -2.20. The van der Waals surface area contributed by atoms with Crippen molar-refractivity contribution in [3.8, 4) is 11.4 Å². The van der Waals surface area contributed by atoms with Crippen LogP contribution in [0.4, 0.5) is 5.69 Å². The second-order valence-corrected chi connectivity index (χ2v) is 8.42. The molecule has 4 aromatic rings. The third-order valence-corrected chi connectivity index (χ3v) is 5.71. The van der Waals surface area contributed by atoms with E-state index in [1.807, 2.05) is 57.2 Å². The van der Waals surface area contributed by atoms with Crippen molar-refractivity contribution in [2.75, 3.05) is 11.9 Å². The number of hydrogen-bond donors (Lipinski definition) is 2. The van der Waals surface area contributed by atoms with Crippen LogP contribution < -0.4 is 15.5 Å². The molecule has 1 heterocycles. The second-order valence-electron chi connectivity index (χ2n) is 8.42. The number of benzene rings is 3. The Labute approximate surface area is 210 Å². The van der Waals surface area contributed by atoms with Gasteiger partial charge in [-0.25, -0.2) is 5.43 Å². The molecule has 182 valence electrons. The largest absolute Gasteiger partial charge is 0.484 e. The van der Waals surface area contributed by atoms with Crippen molar-refractivity contribution in [2.45, 2.75) is 20.8 Å². The highest BCUT2D eigenvalue weighted by Crippen LogP contribution is 2.17. The molecular formula is C29H28N4O3. The Bertz CT molecular complexity index is 1370. The quantitative estimate of drug-likeness (QED) is 0.269. The first-order valence-electron chi connectivity index (χ1n) is 11.6. The number of carbonyl (C=O) groups is 2. The number of nitrogens with zero attached hydrogens (tertiary/aromatic N) is 2. The van der Waals surface area contributed by atoms with E-state index >= 15 is 0 Å². The third-order valence-electron chi connectivity index (χ3n) is 5.71. The van der Waals surface area contributed by atoms with Gasteiger partial charge in [0.1, 0.15) is 5.75 Å². The van der Waals surface area contributed by atoms with Gasteiger partial charge < -0.3 is 14.6 Å². The van der Waals surface area contributed by atoms with Crippen LogP contribution >= 0.6 is 0 Å². The number of aryl methyl sites for hydroxylation is 3. The molecule has 2 amide bonds. The molecular weight excluding hydrogens is 452 g/mol. The molecule has 0 bridgehead atoms. The standard InChI is InChI=1S/C29H28N4O3/c1-20-6-4-5-7-27(20)31-28(34)19-36-26-16-10-23(11-17-26)18-30-32-29(35)24-12-14-25(15-13-24)33-21(2)8-9-22(33)3/h4-18H,19H2,1-3H3,(H,31,34)(H,32,35)/b30-18-. The highest BCUT2D eigenvalue weighted by Gasteiger charge is 2.08. The van der Waals surface area contributed by atoms with Crippen LogP contribution in [0.5, 0.6) is 5.75 Å². The topological polar surface area (TPSA) is 84.7 Å².